The van der Waals surface area contributed by atoms with Gasteiger partial charge >= 0.3 is 5.97 Å². The number of carbonyl (C=O) groups is 1. The van der Waals surface area contributed by atoms with Crippen LogP contribution in [0.3, 0.4) is 0 Å². The fraction of sp³-hybridized carbons (Fsp3) is 0.667. The molecule has 4 heteroatoms. The van der Waals surface area contributed by atoms with Gasteiger partial charge in [-0.3, -0.25) is 4.79 Å². The number of ether oxygens (including phenoxy) is 1. The van der Waals surface area contributed by atoms with Gasteiger partial charge in [0, 0.05) is 0 Å². The van der Waals surface area contributed by atoms with E-state index in [1.165, 1.54) is 18.4 Å². The molecule has 1 aliphatic rings. The van der Waals surface area contributed by atoms with Crippen molar-refractivity contribution < 1.29 is 14.6 Å². The van der Waals surface area contributed by atoms with Crippen molar-refractivity contribution in [1.29, 1.82) is 0 Å². The van der Waals surface area contributed by atoms with Crippen molar-refractivity contribution in [2.75, 3.05) is 6.61 Å². The van der Waals surface area contributed by atoms with E-state index in [-0.39, 0.29) is 12.5 Å². The van der Waals surface area contributed by atoms with E-state index in [0.717, 1.165) is 11.3 Å². The molecule has 4 nitrogen and oxygen atoms in total. The summed E-state index contributed by atoms with van der Waals surface area (Å²) in [7, 11) is 0. The molecule has 1 fully saturated rings. The second kappa shape index (κ2) is 7.77. The quantitative estimate of drug-likeness (QED) is 0.688. The Morgan fingerprint density at radius 3 is 2.32 bits per heavy atom. The van der Waals surface area contributed by atoms with Crippen LogP contribution >= 0.6 is 0 Å². The largest absolute Gasteiger partial charge is 0.490 e. The van der Waals surface area contributed by atoms with Crippen LogP contribution in [0.1, 0.15) is 76.8 Å². The topological polar surface area (TPSA) is 72.5 Å². The lowest BCUT2D eigenvalue weighted by molar-refractivity contribution is -0.145. The first kappa shape index (κ1) is 19.8. The highest BCUT2D eigenvalue weighted by Crippen LogP contribution is 2.46. The summed E-state index contributed by atoms with van der Waals surface area (Å²) in [5.74, 6) is 1.48. The van der Waals surface area contributed by atoms with Crippen LogP contribution < -0.4 is 10.5 Å². The van der Waals surface area contributed by atoms with Crippen LogP contribution in [0.25, 0.3) is 0 Å². The molecule has 2 atom stereocenters. The molecule has 25 heavy (non-hydrogen) atoms. The summed E-state index contributed by atoms with van der Waals surface area (Å²) in [6.07, 6.45) is 2.91. The summed E-state index contributed by atoms with van der Waals surface area (Å²) < 4.78 is 6.15. The molecule has 0 bridgehead atoms. The van der Waals surface area contributed by atoms with Gasteiger partial charge < -0.3 is 15.6 Å². The third kappa shape index (κ3) is 4.75. The molecular formula is C21H33NO3. The maximum atomic E-state index is 11.7. The average Bonchev–Trinajstić information content (AvgIpc) is 3.35. The molecule has 2 rings (SSSR count). The third-order valence-electron chi connectivity index (χ3n) is 5.19. The van der Waals surface area contributed by atoms with Gasteiger partial charge in [0.25, 0.3) is 0 Å². The molecule has 140 valence electrons. The number of carboxylic acid groups (broad SMARTS) is 1. The van der Waals surface area contributed by atoms with Gasteiger partial charge in [0.1, 0.15) is 17.9 Å². The van der Waals surface area contributed by atoms with E-state index in [1.807, 2.05) is 13.8 Å². The second-order valence-electron chi connectivity index (χ2n) is 8.39. The Hall–Kier alpha value is -1.55. The Bertz CT molecular complexity index is 607. The number of carboxylic acids is 1. The van der Waals surface area contributed by atoms with Gasteiger partial charge in [0.15, 0.2) is 0 Å². The van der Waals surface area contributed by atoms with E-state index >= 15 is 0 Å². The zero-order valence-corrected chi connectivity index (χ0v) is 16.2. The SMILES string of the molecule is CC(C)C[C@](N)(COc1c(C(C)C)cccc1[C@H](C)C1CC1)C(=O)O. The Balaban J connectivity index is 2.31. The summed E-state index contributed by atoms with van der Waals surface area (Å²) in [5.41, 5.74) is 7.14. The number of benzene rings is 1. The summed E-state index contributed by atoms with van der Waals surface area (Å²) in [5, 5.41) is 9.61. The minimum absolute atomic E-state index is 0.00532. The first-order chi connectivity index (χ1) is 11.7. The van der Waals surface area contributed by atoms with Crippen LogP contribution in [0.5, 0.6) is 5.75 Å². The molecule has 0 unspecified atom stereocenters. The molecule has 0 radical (unpaired) electrons. The predicted octanol–water partition coefficient (Wildman–Crippen LogP) is 4.53. The van der Waals surface area contributed by atoms with Gasteiger partial charge in [0.2, 0.25) is 0 Å². The van der Waals surface area contributed by atoms with Gasteiger partial charge in [-0.25, -0.2) is 0 Å². The summed E-state index contributed by atoms with van der Waals surface area (Å²) >= 11 is 0. The van der Waals surface area contributed by atoms with Crippen molar-refractivity contribution in [3.63, 3.8) is 0 Å². The summed E-state index contributed by atoms with van der Waals surface area (Å²) in [4.78, 5) is 11.7. The zero-order chi connectivity index (χ0) is 18.8. The number of aliphatic carboxylic acids is 1. The Morgan fingerprint density at radius 2 is 1.84 bits per heavy atom. The van der Waals surface area contributed by atoms with Crippen molar-refractivity contribution in [3.05, 3.63) is 29.3 Å². The van der Waals surface area contributed by atoms with Crippen LogP contribution in [0, 0.1) is 11.8 Å². The lowest BCUT2D eigenvalue weighted by Gasteiger charge is -2.29. The van der Waals surface area contributed by atoms with Crippen LogP contribution in [-0.4, -0.2) is 23.2 Å². The Kier molecular flexibility index (Phi) is 6.15. The van der Waals surface area contributed by atoms with Gasteiger partial charge in [-0.2, -0.15) is 0 Å². The highest BCUT2D eigenvalue weighted by Gasteiger charge is 2.37. The zero-order valence-electron chi connectivity index (χ0n) is 16.2. The monoisotopic (exact) mass is 347 g/mol. The molecule has 1 aliphatic carbocycles. The van der Waals surface area contributed by atoms with E-state index in [0.29, 0.717) is 24.2 Å². The fourth-order valence-electron chi connectivity index (χ4n) is 3.54. The van der Waals surface area contributed by atoms with E-state index in [2.05, 4.69) is 39.0 Å². The molecule has 0 saturated heterocycles. The average molecular weight is 347 g/mol. The highest BCUT2D eigenvalue weighted by molar-refractivity contribution is 5.78. The third-order valence-corrected chi connectivity index (χ3v) is 5.19. The second-order valence-corrected chi connectivity index (χ2v) is 8.39. The Morgan fingerprint density at radius 1 is 1.24 bits per heavy atom. The lowest BCUT2D eigenvalue weighted by Crippen LogP contribution is -2.53. The smallest absolute Gasteiger partial charge is 0.327 e. The maximum Gasteiger partial charge on any atom is 0.327 e. The van der Waals surface area contributed by atoms with Crippen LogP contribution in [0.4, 0.5) is 0 Å². The molecule has 0 spiro atoms. The molecular weight excluding hydrogens is 314 g/mol. The van der Waals surface area contributed by atoms with Crippen molar-refractivity contribution in [3.8, 4) is 5.75 Å². The number of para-hydroxylation sites is 1. The number of nitrogens with two attached hydrogens (primary N) is 1. The lowest BCUT2D eigenvalue weighted by atomic mass is 9.89. The Labute approximate surface area is 151 Å². The molecule has 3 N–H and O–H groups in total. The molecule has 0 aromatic heterocycles. The van der Waals surface area contributed by atoms with Crippen LogP contribution in [0.15, 0.2) is 18.2 Å². The standard InChI is InChI=1S/C21H33NO3/c1-13(2)11-21(22,20(23)24)12-25-19-17(14(3)4)7-6-8-18(19)15(5)16-9-10-16/h6-8,13-16H,9-12,22H2,1-5H3,(H,23,24)/t15-,21+/m1/s1. The number of hydrogen-bond acceptors (Lipinski definition) is 3. The van der Waals surface area contributed by atoms with E-state index in [4.69, 9.17) is 10.5 Å². The van der Waals surface area contributed by atoms with Crippen LogP contribution in [-0.2, 0) is 4.79 Å². The van der Waals surface area contributed by atoms with Crippen LogP contribution in [0.2, 0.25) is 0 Å². The van der Waals surface area contributed by atoms with Gasteiger partial charge in [0.05, 0.1) is 0 Å². The van der Waals surface area contributed by atoms with Crippen molar-refractivity contribution in [2.45, 2.75) is 71.3 Å². The maximum absolute atomic E-state index is 11.7. The molecule has 1 aromatic rings. The first-order valence-corrected chi connectivity index (χ1v) is 9.43. The van der Waals surface area contributed by atoms with Crippen molar-refractivity contribution in [1.82, 2.24) is 0 Å². The summed E-state index contributed by atoms with van der Waals surface area (Å²) in [6.45, 7) is 10.5. The summed E-state index contributed by atoms with van der Waals surface area (Å²) in [6, 6.07) is 6.27. The van der Waals surface area contributed by atoms with Gasteiger partial charge in [-0.1, -0.05) is 52.8 Å². The van der Waals surface area contributed by atoms with E-state index in [1.54, 1.807) is 0 Å². The fourth-order valence-corrected chi connectivity index (χ4v) is 3.54. The molecule has 0 amide bonds. The molecule has 0 heterocycles. The minimum Gasteiger partial charge on any atom is -0.490 e. The normalized spacial score (nSPS) is 18.2. The van der Waals surface area contributed by atoms with E-state index in [9.17, 15) is 9.90 Å². The molecule has 0 aliphatic heterocycles. The number of hydrogen-bond donors (Lipinski definition) is 2. The first-order valence-electron chi connectivity index (χ1n) is 9.43. The molecule has 1 saturated carbocycles. The van der Waals surface area contributed by atoms with Gasteiger partial charge in [-0.05, 0) is 54.1 Å². The van der Waals surface area contributed by atoms with Crippen molar-refractivity contribution in [2.24, 2.45) is 17.6 Å². The number of rotatable bonds is 9. The minimum atomic E-state index is -1.36. The molecule has 1 aromatic carbocycles. The highest BCUT2D eigenvalue weighted by atomic mass is 16.5. The van der Waals surface area contributed by atoms with Crippen molar-refractivity contribution >= 4 is 5.97 Å². The van der Waals surface area contributed by atoms with Gasteiger partial charge in [-0.15, -0.1) is 0 Å². The predicted molar refractivity (Wildman–Crippen MR) is 101 cm³/mol. The van der Waals surface area contributed by atoms with E-state index < -0.39 is 11.5 Å².